The van der Waals surface area contributed by atoms with Crippen molar-refractivity contribution in [3.63, 3.8) is 0 Å². The first-order chi connectivity index (χ1) is 15.5. The van der Waals surface area contributed by atoms with Gasteiger partial charge in [-0.2, -0.15) is 4.31 Å². The van der Waals surface area contributed by atoms with Crippen LogP contribution in [-0.2, 0) is 29.6 Å². The van der Waals surface area contributed by atoms with Crippen LogP contribution in [0.25, 0.3) is 0 Å². The molecule has 0 aromatic heterocycles. The molecule has 0 saturated carbocycles. The summed E-state index contributed by atoms with van der Waals surface area (Å²) in [5.41, 5.74) is -0.0133. The number of anilines is 1. The first-order valence-corrected chi connectivity index (χ1v) is 12.8. The topological polar surface area (TPSA) is 162 Å². The standard InChI is InChI=1S/C20H23N3O8S2/c1-30-18-8-7-15(32(21,26)27)12-17(18)20(25)31-13-19(24)22-14-5-4-6-16(11-14)33(28,29)23-9-2-3-10-23/h4-8,11-12H,2-3,9-10,13H2,1H3,(H,22,24)(H2,21,26,27). The number of methoxy groups -OCH3 is 1. The van der Waals surface area contributed by atoms with Gasteiger partial charge in [-0.15, -0.1) is 0 Å². The number of primary sulfonamides is 1. The molecule has 1 fully saturated rings. The van der Waals surface area contributed by atoms with Crippen molar-refractivity contribution < 1.29 is 35.9 Å². The number of nitrogens with one attached hydrogen (secondary N) is 1. The molecule has 2 aromatic rings. The van der Waals surface area contributed by atoms with Gasteiger partial charge in [0.15, 0.2) is 6.61 Å². The second kappa shape index (κ2) is 9.87. The largest absolute Gasteiger partial charge is 0.496 e. The molecular formula is C20H23N3O8S2. The maximum Gasteiger partial charge on any atom is 0.342 e. The van der Waals surface area contributed by atoms with Crippen LogP contribution >= 0.6 is 0 Å². The predicted octanol–water partition coefficient (Wildman–Crippen LogP) is 0.923. The molecular weight excluding hydrogens is 474 g/mol. The Balaban J connectivity index is 1.67. The third-order valence-electron chi connectivity index (χ3n) is 4.87. The number of sulfonamides is 2. The van der Waals surface area contributed by atoms with Gasteiger partial charge in [-0.25, -0.2) is 26.8 Å². The van der Waals surface area contributed by atoms with E-state index >= 15 is 0 Å². The number of nitrogens with zero attached hydrogens (tertiary/aromatic N) is 1. The third kappa shape index (κ3) is 5.87. The number of carbonyl (C=O) groups excluding carboxylic acids is 2. The summed E-state index contributed by atoms with van der Waals surface area (Å²) in [6, 6.07) is 9.15. The quantitative estimate of drug-likeness (QED) is 0.509. The molecule has 0 unspecified atom stereocenters. The molecule has 33 heavy (non-hydrogen) atoms. The Morgan fingerprint density at radius 1 is 1.03 bits per heavy atom. The van der Waals surface area contributed by atoms with Crippen LogP contribution in [-0.4, -0.2) is 59.8 Å². The van der Waals surface area contributed by atoms with E-state index in [2.05, 4.69) is 5.32 Å². The molecule has 3 N–H and O–H groups in total. The van der Waals surface area contributed by atoms with Crippen molar-refractivity contribution in [1.29, 1.82) is 0 Å². The van der Waals surface area contributed by atoms with Crippen LogP contribution in [0.15, 0.2) is 52.3 Å². The normalized spacial score (nSPS) is 14.6. The first-order valence-electron chi connectivity index (χ1n) is 9.80. The van der Waals surface area contributed by atoms with Crippen molar-refractivity contribution in [2.45, 2.75) is 22.6 Å². The van der Waals surface area contributed by atoms with Crippen molar-refractivity contribution in [3.8, 4) is 5.75 Å². The number of esters is 1. The van der Waals surface area contributed by atoms with E-state index in [0.29, 0.717) is 13.1 Å². The summed E-state index contributed by atoms with van der Waals surface area (Å²) in [6.45, 7) is 0.195. The molecule has 0 atom stereocenters. The summed E-state index contributed by atoms with van der Waals surface area (Å²) >= 11 is 0. The van der Waals surface area contributed by atoms with Crippen LogP contribution in [0.1, 0.15) is 23.2 Å². The van der Waals surface area contributed by atoms with Gasteiger partial charge < -0.3 is 14.8 Å². The maximum absolute atomic E-state index is 12.7. The highest BCUT2D eigenvalue weighted by molar-refractivity contribution is 7.89. The Labute approximate surface area is 191 Å². The molecule has 11 nitrogen and oxygen atoms in total. The summed E-state index contributed by atoms with van der Waals surface area (Å²) in [5, 5.41) is 7.55. The average Bonchev–Trinajstić information content (AvgIpc) is 3.32. The number of carbonyl (C=O) groups is 2. The van der Waals surface area contributed by atoms with Crippen molar-refractivity contribution >= 4 is 37.6 Å². The van der Waals surface area contributed by atoms with Gasteiger partial charge in [-0.1, -0.05) is 6.07 Å². The lowest BCUT2D eigenvalue weighted by Gasteiger charge is -2.16. The number of hydrogen-bond donors (Lipinski definition) is 2. The maximum atomic E-state index is 12.7. The van der Waals surface area contributed by atoms with Crippen molar-refractivity contribution in [1.82, 2.24) is 4.31 Å². The van der Waals surface area contributed by atoms with E-state index < -0.39 is 38.5 Å². The van der Waals surface area contributed by atoms with E-state index in [9.17, 15) is 26.4 Å². The average molecular weight is 498 g/mol. The second-order valence-corrected chi connectivity index (χ2v) is 10.7. The Morgan fingerprint density at radius 3 is 2.36 bits per heavy atom. The third-order valence-corrected chi connectivity index (χ3v) is 7.68. The zero-order valence-electron chi connectivity index (χ0n) is 17.7. The SMILES string of the molecule is COc1ccc(S(N)(=O)=O)cc1C(=O)OCC(=O)Nc1cccc(S(=O)(=O)N2CCCC2)c1. The smallest absolute Gasteiger partial charge is 0.342 e. The molecule has 1 aliphatic rings. The Morgan fingerprint density at radius 2 is 1.73 bits per heavy atom. The molecule has 178 valence electrons. The molecule has 1 heterocycles. The number of hydrogen-bond acceptors (Lipinski definition) is 8. The first kappa shape index (κ1) is 24.6. The summed E-state index contributed by atoms with van der Waals surface area (Å²) < 4.78 is 59.8. The lowest BCUT2D eigenvalue weighted by Crippen LogP contribution is -2.28. The van der Waals surface area contributed by atoms with Crippen LogP contribution in [0, 0.1) is 0 Å². The second-order valence-electron chi connectivity index (χ2n) is 7.17. The van der Waals surface area contributed by atoms with E-state index in [1.165, 1.54) is 47.8 Å². The number of benzene rings is 2. The summed E-state index contributed by atoms with van der Waals surface area (Å²) in [5.74, 6) is -1.69. The fourth-order valence-electron chi connectivity index (χ4n) is 3.24. The van der Waals surface area contributed by atoms with Gasteiger partial charge in [-0.05, 0) is 49.2 Å². The Bertz CT molecular complexity index is 1270. The molecule has 1 saturated heterocycles. The minimum Gasteiger partial charge on any atom is -0.496 e. The lowest BCUT2D eigenvalue weighted by atomic mass is 10.2. The number of rotatable bonds is 8. The summed E-state index contributed by atoms with van der Waals surface area (Å²) in [4.78, 5) is 24.4. The molecule has 13 heteroatoms. The van der Waals surface area contributed by atoms with E-state index in [0.717, 1.165) is 18.9 Å². The molecule has 0 aliphatic carbocycles. The molecule has 1 amide bonds. The molecule has 0 spiro atoms. The number of nitrogens with two attached hydrogens (primary N) is 1. The fourth-order valence-corrected chi connectivity index (χ4v) is 5.34. The van der Waals surface area contributed by atoms with E-state index in [-0.39, 0.29) is 26.8 Å². The van der Waals surface area contributed by atoms with Crippen molar-refractivity contribution in [3.05, 3.63) is 48.0 Å². The zero-order chi connectivity index (χ0) is 24.2. The van der Waals surface area contributed by atoms with Crippen LogP contribution in [0.5, 0.6) is 5.75 Å². The minimum atomic E-state index is -4.07. The molecule has 1 aliphatic heterocycles. The molecule has 0 radical (unpaired) electrons. The van der Waals surface area contributed by atoms with Crippen molar-refractivity contribution in [2.24, 2.45) is 5.14 Å². The highest BCUT2D eigenvalue weighted by Crippen LogP contribution is 2.24. The van der Waals surface area contributed by atoms with E-state index in [1.807, 2.05) is 0 Å². The van der Waals surface area contributed by atoms with Crippen molar-refractivity contribution in [2.75, 3.05) is 32.1 Å². The summed E-state index contributed by atoms with van der Waals surface area (Å²) in [6.07, 6.45) is 1.60. The van der Waals surface area contributed by atoms with Gasteiger partial charge in [0.25, 0.3) is 5.91 Å². The van der Waals surface area contributed by atoms with Gasteiger partial charge in [0.05, 0.1) is 16.9 Å². The van der Waals surface area contributed by atoms with Crippen LogP contribution in [0.4, 0.5) is 5.69 Å². The van der Waals surface area contributed by atoms with Gasteiger partial charge in [0, 0.05) is 18.8 Å². The van der Waals surface area contributed by atoms with Crippen LogP contribution in [0.3, 0.4) is 0 Å². The highest BCUT2D eigenvalue weighted by Gasteiger charge is 2.27. The van der Waals surface area contributed by atoms with Gasteiger partial charge in [0.2, 0.25) is 20.0 Å². The fraction of sp³-hybridized carbons (Fsp3) is 0.300. The Hall–Kier alpha value is -3.00. The van der Waals surface area contributed by atoms with Gasteiger partial charge in [0.1, 0.15) is 11.3 Å². The molecule has 2 aromatic carbocycles. The summed E-state index contributed by atoms with van der Waals surface area (Å²) in [7, 11) is -6.46. The number of ether oxygens (including phenoxy) is 2. The highest BCUT2D eigenvalue weighted by atomic mass is 32.2. The predicted molar refractivity (Wildman–Crippen MR) is 118 cm³/mol. The monoisotopic (exact) mass is 497 g/mol. The number of amides is 1. The van der Waals surface area contributed by atoms with E-state index in [1.54, 1.807) is 0 Å². The van der Waals surface area contributed by atoms with Gasteiger partial charge in [-0.3, -0.25) is 4.79 Å². The minimum absolute atomic E-state index is 0.0348. The lowest BCUT2D eigenvalue weighted by molar-refractivity contribution is -0.119. The molecule has 3 rings (SSSR count). The van der Waals surface area contributed by atoms with E-state index in [4.69, 9.17) is 14.6 Å². The molecule has 0 bridgehead atoms. The van der Waals surface area contributed by atoms with Crippen LogP contribution < -0.4 is 15.2 Å². The van der Waals surface area contributed by atoms with Crippen LogP contribution in [0.2, 0.25) is 0 Å². The zero-order valence-corrected chi connectivity index (χ0v) is 19.3. The Kier molecular flexibility index (Phi) is 7.37. The van der Waals surface area contributed by atoms with Gasteiger partial charge >= 0.3 is 5.97 Å².